The van der Waals surface area contributed by atoms with Crippen LogP contribution in [0.1, 0.15) is 5.56 Å². The summed E-state index contributed by atoms with van der Waals surface area (Å²) in [7, 11) is 0. The Hall–Kier alpha value is -0.980. The Kier molecular flexibility index (Phi) is 2.26. The topological polar surface area (TPSA) is 51.8 Å². The van der Waals surface area contributed by atoms with Gasteiger partial charge in [0, 0.05) is 40.5 Å². The van der Waals surface area contributed by atoms with Crippen LogP contribution in [0.15, 0.2) is 22.9 Å². The molecule has 2 aromatic heterocycles. The van der Waals surface area contributed by atoms with Crippen molar-refractivity contribution < 1.29 is 4.42 Å². The maximum Gasteiger partial charge on any atom is 0.278 e. The summed E-state index contributed by atoms with van der Waals surface area (Å²) in [4.78, 5) is 3.99. The lowest BCUT2D eigenvalue weighted by Crippen LogP contribution is -1.84. The normalized spacial score (nSPS) is 10.3. The zero-order chi connectivity index (χ0) is 9.26. The molecule has 0 saturated heterocycles. The minimum absolute atomic E-state index is 0.545. The Morgan fingerprint density at radius 2 is 2.23 bits per heavy atom. The maximum atomic E-state index is 5.29. The highest BCUT2D eigenvalue weighted by molar-refractivity contribution is 14.1. The molecule has 0 bridgehead atoms. The lowest BCUT2D eigenvalue weighted by atomic mass is 10.2. The van der Waals surface area contributed by atoms with Crippen molar-refractivity contribution >= 4 is 22.6 Å². The summed E-state index contributed by atoms with van der Waals surface area (Å²) in [5.74, 6) is 0.546. The number of nitrogens with zero attached hydrogens (tertiary/aromatic N) is 3. The molecule has 0 N–H and O–H groups in total. The van der Waals surface area contributed by atoms with E-state index in [1.807, 2.05) is 35.6 Å². The Bertz CT molecular complexity index is 427. The molecule has 2 aromatic rings. The molecule has 0 atom stereocenters. The van der Waals surface area contributed by atoms with E-state index in [9.17, 15) is 0 Å². The average molecular weight is 287 g/mol. The van der Waals surface area contributed by atoms with Crippen molar-refractivity contribution in [1.82, 2.24) is 15.2 Å². The van der Waals surface area contributed by atoms with Crippen molar-refractivity contribution in [2.24, 2.45) is 0 Å². The molecular weight excluding hydrogens is 281 g/mol. The third kappa shape index (κ3) is 1.69. The fourth-order valence-corrected chi connectivity index (χ4v) is 1.34. The van der Waals surface area contributed by atoms with E-state index < -0.39 is 0 Å². The van der Waals surface area contributed by atoms with Crippen molar-refractivity contribution in [3.05, 3.63) is 27.9 Å². The summed E-state index contributed by atoms with van der Waals surface area (Å²) in [5.41, 5.74) is 1.97. The third-order valence-corrected chi connectivity index (χ3v) is 2.09. The van der Waals surface area contributed by atoms with Gasteiger partial charge in [-0.25, -0.2) is 0 Å². The van der Waals surface area contributed by atoms with Gasteiger partial charge in [0.05, 0.1) is 0 Å². The molecule has 0 amide bonds. The second-order valence-electron chi connectivity index (χ2n) is 2.55. The first-order valence-electron chi connectivity index (χ1n) is 3.67. The first-order chi connectivity index (χ1) is 6.27. The molecule has 0 spiro atoms. The molecule has 0 aromatic carbocycles. The van der Waals surface area contributed by atoms with Gasteiger partial charge in [0.15, 0.2) is 0 Å². The van der Waals surface area contributed by atoms with Crippen molar-refractivity contribution in [2.45, 2.75) is 6.92 Å². The van der Waals surface area contributed by atoms with Crippen LogP contribution < -0.4 is 0 Å². The van der Waals surface area contributed by atoms with Gasteiger partial charge in [-0.05, 0) is 18.6 Å². The SMILES string of the molecule is Cc1cnccc1-c1nnc(I)o1. The number of pyridine rings is 1. The third-order valence-electron chi connectivity index (χ3n) is 1.65. The Morgan fingerprint density at radius 1 is 1.38 bits per heavy atom. The van der Waals surface area contributed by atoms with Gasteiger partial charge < -0.3 is 4.42 Å². The van der Waals surface area contributed by atoms with Crippen LogP contribution in [0.5, 0.6) is 0 Å². The summed E-state index contributed by atoms with van der Waals surface area (Å²) in [6.45, 7) is 1.96. The first kappa shape index (κ1) is 8.61. The van der Waals surface area contributed by atoms with E-state index >= 15 is 0 Å². The number of rotatable bonds is 1. The second kappa shape index (κ2) is 3.41. The van der Waals surface area contributed by atoms with E-state index in [1.165, 1.54) is 0 Å². The Labute approximate surface area is 88.5 Å². The molecule has 0 aliphatic rings. The van der Waals surface area contributed by atoms with Gasteiger partial charge in [0.25, 0.3) is 3.90 Å². The molecule has 13 heavy (non-hydrogen) atoms. The molecule has 0 aliphatic heterocycles. The standard InChI is InChI=1S/C8H6IN3O/c1-5-4-10-3-2-6(5)7-11-12-8(9)13-7/h2-4H,1H3. The van der Waals surface area contributed by atoms with Crippen LogP contribution in [0.2, 0.25) is 0 Å². The van der Waals surface area contributed by atoms with E-state index in [0.29, 0.717) is 9.79 Å². The van der Waals surface area contributed by atoms with Gasteiger partial charge in [-0.1, -0.05) is 0 Å². The summed E-state index contributed by atoms with van der Waals surface area (Å²) in [6.07, 6.45) is 3.48. The van der Waals surface area contributed by atoms with Crippen LogP contribution in [0.4, 0.5) is 0 Å². The number of hydrogen-bond donors (Lipinski definition) is 0. The zero-order valence-corrected chi connectivity index (χ0v) is 9.02. The fraction of sp³-hybridized carbons (Fsp3) is 0.125. The number of halogens is 1. The number of aryl methyl sites for hydroxylation is 1. The lowest BCUT2D eigenvalue weighted by Gasteiger charge is -1.97. The highest BCUT2D eigenvalue weighted by atomic mass is 127. The molecule has 0 saturated carbocycles. The van der Waals surface area contributed by atoms with Gasteiger partial charge in [-0.15, -0.1) is 10.2 Å². The highest BCUT2D eigenvalue weighted by Gasteiger charge is 2.08. The predicted octanol–water partition coefficient (Wildman–Crippen LogP) is 2.04. The molecule has 0 aliphatic carbocycles. The molecule has 0 radical (unpaired) electrons. The van der Waals surface area contributed by atoms with Crippen molar-refractivity contribution in [2.75, 3.05) is 0 Å². The summed E-state index contributed by atoms with van der Waals surface area (Å²) < 4.78 is 5.83. The van der Waals surface area contributed by atoms with Crippen LogP contribution >= 0.6 is 22.6 Å². The predicted molar refractivity (Wildman–Crippen MR) is 55.0 cm³/mol. The molecule has 0 unspecified atom stereocenters. The van der Waals surface area contributed by atoms with Gasteiger partial charge in [-0.2, -0.15) is 0 Å². The molecule has 5 heteroatoms. The van der Waals surface area contributed by atoms with Gasteiger partial charge >= 0.3 is 0 Å². The maximum absolute atomic E-state index is 5.29. The number of hydrogen-bond acceptors (Lipinski definition) is 4. The molecule has 66 valence electrons. The molecule has 0 fully saturated rings. The fourth-order valence-electron chi connectivity index (χ4n) is 1.03. The Morgan fingerprint density at radius 3 is 2.85 bits per heavy atom. The van der Waals surface area contributed by atoms with Gasteiger partial charge in [0.2, 0.25) is 5.89 Å². The lowest BCUT2D eigenvalue weighted by molar-refractivity contribution is 0.536. The second-order valence-corrected chi connectivity index (χ2v) is 3.47. The highest BCUT2D eigenvalue weighted by Crippen LogP contribution is 2.20. The smallest absolute Gasteiger partial charge is 0.278 e. The number of aromatic nitrogens is 3. The largest absolute Gasteiger partial charge is 0.412 e. The summed E-state index contributed by atoms with van der Waals surface area (Å²) in [5, 5.41) is 7.68. The Balaban J connectivity index is 2.52. The summed E-state index contributed by atoms with van der Waals surface area (Å²) >= 11 is 1.98. The average Bonchev–Trinajstić information content (AvgIpc) is 2.53. The van der Waals surface area contributed by atoms with Crippen LogP contribution in [-0.2, 0) is 0 Å². The van der Waals surface area contributed by atoms with Gasteiger partial charge in [0.1, 0.15) is 0 Å². The van der Waals surface area contributed by atoms with Crippen molar-refractivity contribution in [3.8, 4) is 11.5 Å². The van der Waals surface area contributed by atoms with Crippen molar-refractivity contribution in [3.63, 3.8) is 0 Å². The van der Waals surface area contributed by atoms with E-state index in [-0.39, 0.29) is 0 Å². The van der Waals surface area contributed by atoms with E-state index in [1.54, 1.807) is 12.4 Å². The quantitative estimate of drug-likeness (QED) is 0.753. The van der Waals surface area contributed by atoms with E-state index in [2.05, 4.69) is 15.2 Å². The minimum Gasteiger partial charge on any atom is -0.412 e. The zero-order valence-electron chi connectivity index (χ0n) is 6.86. The monoisotopic (exact) mass is 287 g/mol. The van der Waals surface area contributed by atoms with E-state index in [0.717, 1.165) is 11.1 Å². The summed E-state index contributed by atoms with van der Waals surface area (Å²) in [6, 6.07) is 1.86. The molecule has 2 heterocycles. The van der Waals surface area contributed by atoms with Gasteiger partial charge in [-0.3, -0.25) is 4.98 Å². The van der Waals surface area contributed by atoms with Crippen LogP contribution in [0, 0.1) is 10.8 Å². The first-order valence-corrected chi connectivity index (χ1v) is 4.75. The van der Waals surface area contributed by atoms with Crippen LogP contribution in [-0.4, -0.2) is 15.2 Å². The molecular formula is C8H6IN3O. The van der Waals surface area contributed by atoms with Crippen LogP contribution in [0.3, 0.4) is 0 Å². The van der Waals surface area contributed by atoms with Crippen molar-refractivity contribution in [1.29, 1.82) is 0 Å². The van der Waals surface area contributed by atoms with E-state index in [4.69, 9.17) is 4.42 Å². The minimum atomic E-state index is 0.545. The molecule has 4 nitrogen and oxygen atoms in total. The molecule has 2 rings (SSSR count). The van der Waals surface area contributed by atoms with Crippen LogP contribution in [0.25, 0.3) is 11.5 Å².